The van der Waals surface area contributed by atoms with Crippen molar-refractivity contribution in [3.05, 3.63) is 86.6 Å². The molecule has 0 unspecified atom stereocenters. The van der Waals surface area contributed by atoms with Gasteiger partial charge in [0.15, 0.2) is 0 Å². The molecule has 4 aromatic rings. The first-order valence-electron chi connectivity index (χ1n) is 9.56. The van der Waals surface area contributed by atoms with Crippen molar-refractivity contribution in [1.29, 1.82) is 0 Å². The number of hydrazone groups is 1. The molecule has 4 rings (SSSR count). The molecule has 9 heteroatoms. The Bertz CT molecular complexity index is 1330. The number of hydrogen-bond donors (Lipinski definition) is 2. The summed E-state index contributed by atoms with van der Waals surface area (Å²) >= 11 is 5.98. The van der Waals surface area contributed by atoms with Gasteiger partial charge in [-0.15, -0.1) is 0 Å². The van der Waals surface area contributed by atoms with Crippen LogP contribution in [0.25, 0.3) is 5.65 Å². The number of nitrogens with zero attached hydrogens (tertiary/aromatic N) is 5. The summed E-state index contributed by atoms with van der Waals surface area (Å²) in [6.07, 6.45) is 3.10. The molecule has 0 amide bonds. The molecular formula is C22H20ClN7O. The van der Waals surface area contributed by atoms with Crippen LogP contribution in [-0.2, 0) is 0 Å². The maximum absolute atomic E-state index is 13.2. The minimum atomic E-state index is -0.253. The summed E-state index contributed by atoms with van der Waals surface area (Å²) in [7, 11) is 0. The number of nitrogens with one attached hydrogen (secondary N) is 2. The summed E-state index contributed by atoms with van der Waals surface area (Å²) in [5, 5.41) is 8.00. The molecule has 0 saturated carbocycles. The van der Waals surface area contributed by atoms with Crippen LogP contribution in [0.2, 0.25) is 5.02 Å². The first-order chi connectivity index (χ1) is 14.9. The third-order valence-corrected chi connectivity index (χ3v) is 4.78. The van der Waals surface area contributed by atoms with Crippen LogP contribution in [0.1, 0.15) is 22.5 Å². The lowest BCUT2D eigenvalue weighted by molar-refractivity contribution is 1.02. The standard InChI is InChI=1S/C22H20ClN7O/c1-13-5-4-10-30-20(13)28-19(27-17-8-6-16(23)7-9-17)18(21(30)31)12-24-29-22-25-14(2)11-15(3)26-22/h4-12,27H,1-3H3,(H,25,26,29)/b24-12+. The lowest BCUT2D eigenvalue weighted by Crippen LogP contribution is -2.22. The zero-order valence-corrected chi connectivity index (χ0v) is 18.0. The average molecular weight is 434 g/mol. The van der Waals surface area contributed by atoms with E-state index in [0.29, 0.717) is 22.4 Å². The molecule has 156 valence electrons. The Morgan fingerprint density at radius 1 is 1.03 bits per heavy atom. The normalized spacial score (nSPS) is 11.2. The van der Waals surface area contributed by atoms with Gasteiger partial charge in [0.2, 0.25) is 5.95 Å². The summed E-state index contributed by atoms with van der Waals surface area (Å²) in [4.78, 5) is 26.5. The summed E-state index contributed by atoms with van der Waals surface area (Å²) in [6.45, 7) is 5.65. The van der Waals surface area contributed by atoms with Crippen LogP contribution >= 0.6 is 11.6 Å². The van der Waals surface area contributed by atoms with E-state index in [1.54, 1.807) is 24.4 Å². The molecule has 0 fully saturated rings. The van der Waals surface area contributed by atoms with Crippen molar-refractivity contribution in [1.82, 2.24) is 19.4 Å². The molecule has 0 atom stereocenters. The topological polar surface area (TPSA) is 96.6 Å². The highest BCUT2D eigenvalue weighted by molar-refractivity contribution is 6.30. The number of halogens is 1. The fourth-order valence-corrected chi connectivity index (χ4v) is 3.25. The Labute approximate surface area is 183 Å². The van der Waals surface area contributed by atoms with E-state index >= 15 is 0 Å². The van der Waals surface area contributed by atoms with Gasteiger partial charge in [-0.1, -0.05) is 17.7 Å². The largest absolute Gasteiger partial charge is 0.339 e. The van der Waals surface area contributed by atoms with Gasteiger partial charge in [0, 0.05) is 28.3 Å². The molecule has 3 heterocycles. The molecular weight excluding hydrogens is 414 g/mol. The number of anilines is 3. The van der Waals surface area contributed by atoms with Crippen molar-refractivity contribution in [3.63, 3.8) is 0 Å². The minimum Gasteiger partial charge on any atom is -0.339 e. The first-order valence-corrected chi connectivity index (χ1v) is 9.94. The number of rotatable bonds is 5. The monoisotopic (exact) mass is 433 g/mol. The summed E-state index contributed by atoms with van der Waals surface area (Å²) in [6, 6.07) is 12.7. The maximum Gasteiger partial charge on any atom is 0.268 e. The number of pyridine rings is 1. The summed E-state index contributed by atoms with van der Waals surface area (Å²) in [5.41, 5.74) is 6.64. The van der Waals surface area contributed by atoms with Crippen molar-refractivity contribution in [2.75, 3.05) is 10.7 Å². The number of benzene rings is 1. The van der Waals surface area contributed by atoms with E-state index in [1.807, 2.05) is 45.0 Å². The molecule has 0 aliphatic heterocycles. The van der Waals surface area contributed by atoms with Gasteiger partial charge >= 0.3 is 0 Å². The average Bonchev–Trinajstić information content (AvgIpc) is 2.72. The van der Waals surface area contributed by atoms with Crippen molar-refractivity contribution in [2.45, 2.75) is 20.8 Å². The first kappa shape index (κ1) is 20.5. The zero-order valence-electron chi connectivity index (χ0n) is 17.2. The third kappa shape index (κ3) is 4.54. The van der Waals surface area contributed by atoms with Gasteiger partial charge < -0.3 is 5.32 Å². The summed E-state index contributed by atoms with van der Waals surface area (Å²) < 4.78 is 1.50. The fourth-order valence-electron chi connectivity index (χ4n) is 3.12. The van der Waals surface area contributed by atoms with Gasteiger partial charge in [0.1, 0.15) is 17.0 Å². The van der Waals surface area contributed by atoms with Gasteiger partial charge in [-0.2, -0.15) is 5.10 Å². The van der Waals surface area contributed by atoms with Crippen LogP contribution in [0.15, 0.2) is 58.6 Å². The van der Waals surface area contributed by atoms with Crippen LogP contribution in [0, 0.1) is 20.8 Å². The van der Waals surface area contributed by atoms with Gasteiger partial charge in [0.25, 0.3) is 5.56 Å². The smallest absolute Gasteiger partial charge is 0.268 e. The van der Waals surface area contributed by atoms with Gasteiger partial charge in [-0.3, -0.25) is 9.20 Å². The number of fused-ring (bicyclic) bond motifs is 1. The predicted octanol–water partition coefficient (Wildman–Crippen LogP) is 4.25. The maximum atomic E-state index is 13.2. The van der Waals surface area contributed by atoms with Crippen LogP contribution < -0.4 is 16.3 Å². The van der Waals surface area contributed by atoms with Gasteiger partial charge in [-0.05, 0) is 62.7 Å². The van der Waals surface area contributed by atoms with Crippen LogP contribution in [0.3, 0.4) is 0 Å². The van der Waals surface area contributed by atoms with E-state index in [4.69, 9.17) is 11.6 Å². The van der Waals surface area contributed by atoms with E-state index in [2.05, 4.69) is 30.8 Å². The van der Waals surface area contributed by atoms with E-state index < -0.39 is 0 Å². The second kappa shape index (κ2) is 8.53. The van der Waals surface area contributed by atoms with Crippen LogP contribution in [-0.4, -0.2) is 25.6 Å². The van der Waals surface area contributed by atoms with E-state index in [0.717, 1.165) is 22.6 Å². The molecule has 31 heavy (non-hydrogen) atoms. The van der Waals surface area contributed by atoms with Gasteiger partial charge in [0.05, 0.1) is 6.21 Å². The summed E-state index contributed by atoms with van der Waals surface area (Å²) in [5.74, 6) is 0.735. The fraction of sp³-hybridized carbons (Fsp3) is 0.136. The van der Waals surface area contributed by atoms with E-state index in [-0.39, 0.29) is 11.1 Å². The van der Waals surface area contributed by atoms with E-state index in [1.165, 1.54) is 10.6 Å². The molecule has 0 saturated heterocycles. The van der Waals surface area contributed by atoms with Crippen LogP contribution in [0.5, 0.6) is 0 Å². The quantitative estimate of drug-likeness (QED) is 0.360. The lowest BCUT2D eigenvalue weighted by Gasteiger charge is -2.12. The Balaban J connectivity index is 1.76. The Kier molecular flexibility index (Phi) is 5.64. The second-order valence-electron chi connectivity index (χ2n) is 7.04. The number of aryl methyl sites for hydroxylation is 3. The van der Waals surface area contributed by atoms with Gasteiger partial charge in [-0.25, -0.2) is 20.4 Å². The van der Waals surface area contributed by atoms with Crippen LogP contribution in [0.4, 0.5) is 17.5 Å². The molecule has 2 N–H and O–H groups in total. The molecule has 0 aliphatic rings. The SMILES string of the molecule is Cc1cc(C)nc(N/N=C/c2c(Nc3ccc(Cl)cc3)nc3c(C)cccn3c2=O)n1. The Morgan fingerprint density at radius 3 is 2.45 bits per heavy atom. The van der Waals surface area contributed by atoms with E-state index in [9.17, 15) is 4.79 Å². The zero-order chi connectivity index (χ0) is 22.0. The minimum absolute atomic E-state index is 0.253. The Hall–Kier alpha value is -3.78. The lowest BCUT2D eigenvalue weighted by atomic mass is 10.2. The third-order valence-electron chi connectivity index (χ3n) is 4.53. The number of hydrogen-bond acceptors (Lipinski definition) is 7. The second-order valence-corrected chi connectivity index (χ2v) is 7.48. The highest BCUT2D eigenvalue weighted by Crippen LogP contribution is 2.20. The van der Waals surface area contributed by atoms with Crippen molar-refractivity contribution >= 4 is 40.9 Å². The molecule has 1 aromatic carbocycles. The highest BCUT2D eigenvalue weighted by Gasteiger charge is 2.13. The molecule has 0 spiro atoms. The molecule has 0 aliphatic carbocycles. The van der Waals surface area contributed by atoms with Crippen molar-refractivity contribution < 1.29 is 0 Å². The molecule has 8 nitrogen and oxygen atoms in total. The highest BCUT2D eigenvalue weighted by atomic mass is 35.5. The van der Waals surface area contributed by atoms with Crippen molar-refractivity contribution in [3.8, 4) is 0 Å². The predicted molar refractivity (Wildman–Crippen MR) is 124 cm³/mol. The molecule has 0 radical (unpaired) electrons. The number of aromatic nitrogens is 4. The molecule has 0 bridgehead atoms. The van der Waals surface area contributed by atoms with Crippen molar-refractivity contribution in [2.24, 2.45) is 5.10 Å². The molecule has 3 aromatic heterocycles. The Morgan fingerprint density at radius 2 is 1.74 bits per heavy atom.